The summed E-state index contributed by atoms with van der Waals surface area (Å²) in [4.78, 5) is 54.4. The van der Waals surface area contributed by atoms with E-state index in [-0.39, 0.29) is 57.6 Å². The van der Waals surface area contributed by atoms with Crippen LogP contribution in [0, 0.1) is 12.3 Å². The molecule has 2 N–H and O–H groups in total. The first-order valence-electron chi connectivity index (χ1n) is 14.4. The van der Waals surface area contributed by atoms with Gasteiger partial charge in [-0.15, -0.1) is 0 Å². The molecular formula is C32H39N3O8. The molecule has 0 saturated heterocycles. The Labute approximate surface area is 250 Å². The van der Waals surface area contributed by atoms with E-state index < -0.39 is 17.3 Å². The van der Waals surface area contributed by atoms with Gasteiger partial charge in [-0.1, -0.05) is 12.1 Å². The number of esters is 1. The molecule has 11 nitrogen and oxygen atoms in total. The molecule has 4 rings (SSSR count). The van der Waals surface area contributed by atoms with Crippen molar-refractivity contribution in [3.05, 3.63) is 65.4 Å². The molecule has 0 aliphatic carbocycles. The van der Waals surface area contributed by atoms with Crippen molar-refractivity contribution in [3.8, 4) is 5.75 Å². The van der Waals surface area contributed by atoms with Gasteiger partial charge >= 0.3 is 5.97 Å². The van der Waals surface area contributed by atoms with Crippen LogP contribution in [0.5, 0.6) is 5.75 Å². The van der Waals surface area contributed by atoms with Crippen LogP contribution in [0.15, 0.2) is 52.9 Å². The van der Waals surface area contributed by atoms with Crippen molar-refractivity contribution in [2.24, 2.45) is 5.41 Å². The zero-order valence-corrected chi connectivity index (χ0v) is 24.9. The van der Waals surface area contributed by atoms with Crippen LogP contribution in [-0.4, -0.2) is 81.7 Å². The summed E-state index contributed by atoms with van der Waals surface area (Å²) in [5.41, 5.74) is 0.715. The Balaban J connectivity index is 1.63. The number of amides is 3. The van der Waals surface area contributed by atoms with Gasteiger partial charge in [-0.2, -0.15) is 0 Å². The number of carbonyl (C=O) groups is 4. The summed E-state index contributed by atoms with van der Waals surface area (Å²) < 4.78 is 22.1. The lowest BCUT2D eigenvalue weighted by Gasteiger charge is -2.32. The van der Waals surface area contributed by atoms with Gasteiger partial charge in [0.1, 0.15) is 17.1 Å². The van der Waals surface area contributed by atoms with Gasteiger partial charge in [-0.3, -0.25) is 19.2 Å². The molecule has 3 aromatic rings. The second-order valence-electron chi connectivity index (χ2n) is 10.7. The fraction of sp³-hybridized carbons (Fsp3) is 0.438. The predicted molar refractivity (Wildman–Crippen MR) is 159 cm³/mol. The largest absolute Gasteiger partial charge is 0.484 e. The molecule has 43 heavy (non-hydrogen) atoms. The minimum Gasteiger partial charge on any atom is -0.484 e. The zero-order chi connectivity index (χ0) is 30.8. The first kappa shape index (κ1) is 31.6. The molecule has 0 spiro atoms. The molecule has 1 unspecified atom stereocenters. The Morgan fingerprint density at radius 3 is 2.70 bits per heavy atom. The van der Waals surface area contributed by atoms with Crippen LogP contribution in [0.1, 0.15) is 41.4 Å². The summed E-state index contributed by atoms with van der Waals surface area (Å²) in [6.45, 7) is 3.84. The quantitative estimate of drug-likeness (QED) is 0.315. The lowest BCUT2D eigenvalue weighted by molar-refractivity contribution is -0.156. The number of aryl methyl sites for hydroxylation is 1. The van der Waals surface area contributed by atoms with E-state index >= 15 is 0 Å². The van der Waals surface area contributed by atoms with Gasteiger partial charge in [0.2, 0.25) is 5.91 Å². The molecule has 3 amide bonds. The van der Waals surface area contributed by atoms with Crippen LogP contribution >= 0.6 is 0 Å². The number of hydrogen-bond donors (Lipinski definition) is 2. The van der Waals surface area contributed by atoms with Crippen molar-refractivity contribution >= 4 is 34.7 Å². The number of furan rings is 1. The average Bonchev–Trinajstić information content (AvgIpc) is 3.37. The predicted octanol–water partition coefficient (Wildman–Crippen LogP) is 3.03. The number of benzene rings is 2. The molecule has 0 fully saturated rings. The van der Waals surface area contributed by atoms with Gasteiger partial charge in [-0.25, -0.2) is 0 Å². The molecule has 2 bridgehead atoms. The van der Waals surface area contributed by atoms with Gasteiger partial charge in [-0.05, 0) is 75.1 Å². The maximum atomic E-state index is 13.6. The van der Waals surface area contributed by atoms with Crippen LogP contribution in [0.2, 0.25) is 0 Å². The van der Waals surface area contributed by atoms with Crippen molar-refractivity contribution in [3.63, 3.8) is 0 Å². The molecule has 2 heterocycles. The van der Waals surface area contributed by atoms with Crippen LogP contribution < -0.4 is 15.4 Å². The lowest BCUT2D eigenvalue weighted by atomic mass is 9.77. The first-order valence-corrected chi connectivity index (χ1v) is 14.4. The van der Waals surface area contributed by atoms with Crippen LogP contribution in [0.4, 0.5) is 0 Å². The normalized spacial score (nSPS) is 18.4. The number of carbonyl (C=O) groups excluding carboxylic acids is 4. The van der Waals surface area contributed by atoms with Crippen LogP contribution in [0.25, 0.3) is 11.0 Å². The summed E-state index contributed by atoms with van der Waals surface area (Å²) in [6.07, 6.45) is 1.20. The van der Waals surface area contributed by atoms with Crippen molar-refractivity contribution in [1.82, 2.24) is 15.5 Å². The Morgan fingerprint density at radius 2 is 1.91 bits per heavy atom. The molecule has 2 aromatic carbocycles. The second-order valence-corrected chi connectivity index (χ2v) is 10.7. The Morgan fingerprint density at radius 1 is 1.07 bits per heavy atom. The number of methoxy groups -OCH3 is 1. The molecular weight excluding hydrogens is 554 g/mol. The molecule has 0 saturated carbocycles. The third-order valence-electron chi connectivity index (χ3n) is 7.36. The van der Waals surface area contributed by atoms with Crippen LogP contribution in [0.3, 0.4) is 0 Å². The van der Waals surface area contributed by atoms with E-state index in [0.29, 0.717) is 36.3 Å². The van der Waals surface area contributed by atoms with Gasteiger partial charge < -0.3 is 34.2 Å². The second kappa shape index (κ2) is 14.7. The lowest BCUT2D eigenvalue weighted by Crippen LogP contribution is -2.49. The highest BCUT2D eigenvalue weighted by Gasteiger charge is 2.40. The standard InChI is InChI=1S/C32H39N3O8/c1-4-41-31(39)32(11-6-14-40-3)18-23-7-5-8-26(16-23)42-20-29(37)33-12-13-35(19-28(36)34-21-32)30(38)24-9-10-27-25(17-24)15-22(2)43-27/h5,7-10,15-17H,4,6,11-14,18-21H2,1-3H3,(H,33,37)(H,34,36). The van der Waals surface area contributed by atoms with Crippen molar-refractivity contribution in [2.75, 3.05) is 53.1 Å². The number of nitrogens with one attached hydrogen (secondary N) is 2. The fourth-order valence-corrected chi connectivity index (χ4v) is 5.23. The molecule has 230 valence electrons. The van der Waals surface area contributed by atoms with E-state index in [1.54, 1.807) is 50.4 Å². The van der Waals surface area contributed by atoms with E-state index in [4.69, 9.17) is 18.6 Å². The summed E-state index contributed by atoms with van der Waals surface area (Å²) >= 11 is 0. The van der Waals surface area contributed by atoms with Crippen molar-refractivity contribution < 1.29 is 37.8 Å². The minimum absolute atomic E-state index is 0.00150. The highest BCUT2D eigenvalue weighted by molar-refractivity contribution is 5.99. The number of hydrogen-bond acceptors (Lipinski definition) is 8. The van der Waals surface area contributed by atoms with Crippen molar-refractivity contribution in [2.45, 2.75) is 33.1 Å². The third kappa shape index (κ3) is 8.35. The maximum absolute atomic E-state index is 13.6. The van der Waals surface area contributed by atoms with Crippen molar-refractivity contribution in [1.29, 1.82) is 0 Å². The number of nitrogens with zero attached hydrogens (tertiary/aromatic N) is 1. The van der Waals surface area contributed by atoms with E-state index in [1.165, 1.54) is 4.90 Å². The summed E-state index contributed by atoms with van der Waals surface area (Å²) in [7, 11) is 1.59. The first-order chi connectivity index (χ1) is 20.7. The van der Waals surface area contributed by atoms with Gasteiger partial charge in [0.25, 0.3) is 11.8 Å². The Kier molecular flexibility index (Phi) is 10.8. The van der Waals surface area contributed by atoms with Gasteiger partial charge in [0.05, 0.1) is 18.6 Å². The molecule has 1 aliphatic heterocycles. The van der Waals surface area contributed by atoms with E-state index in [9.17, 15) is 19.2 Å². The van der Waals surface area contributed by atoms with Crippen LogP contribution in [-0.2, 0) is 30.3 Å². The van der Waals surface area contributed by atoms with E-state index in [1.807, 2.05) is 19.1 Å². The smallest absolute Gasteiger partial charge is 0.314 e. The number of rotatable bonds is 7. The molecule has 1 atom stereocenters. The molecule has 11 heteroatoms. The van der Waals surface area contributed by atoms with E-state index in [2.05, 4.69) is 10.6 Å². The fourth-order valence-electron chi connectivity index (χ4n) is 5.23. The summed E-state index contributed by atoms with van der Waals surface area (Å²) in [5.74, 6) is -0.436. The zero-order valence-electron chi connectivity index (χ0n) is 24.9. The monoisotopic (exact) mass is 593 g/mol. The average molecular weight is 594 g/mol. The molecule has 1 aliphatic rings. The maximum Gasteiger partial charge on any atom is 0.314 e. The molecule has 1 aromatic heterocycles. The van der Waals surface area contributed by atoms with Gasteiger partial charge in [0.15, 0.2) is 6.61 Å². The topological polar surface area (TPSA) is 136 Å². The number of ether oxygens (including phenoxy) is 3. The SMILES string of the molecule is CCOC(=O)C1(CCCOC)CNC(=O)CN(C(=O)c2ccc3oc(C)cc3c2)CCNC(=O)COc2cccc(c2)C1. The third-order valence-corrected chi connectivity index (χ3v) is 7.36. The Hall–Kier alpha value is -4.38. The number of fused-ring (bicyclic) bond motifs is 3. The Bertz CT molecular complexity index is 1450. The molecule has 0 radical (unpaired) electrons. The highest BCUT2D eigenvalue weighted by Crippen LogP contribution is 2.32. The summed E-state index contributed by atoms with van der Waals surface area (Å²) in [5, 5.41) is 6.42. The van der Waals surface area contributed by atoms with Gasteiger partial charge in [0, 0.05) is 44.3 Å². The minimum atomic E-state index is -1.10. The van der Waals surface area contributed by atoms with E-state index in [0.717, 1.165) is 16.7 Å². The summed E-state index contributed by atoms with van der Waals surface area (Å²) in [6, 6.07) is 14.1. The highest BCUT2D eigenvalue weighted by atomic mass is 16.5.